The van der Waals surface area contributed by atoms with Gasteiger partial charge in [-0.3, -0.25) is 4.99 Å². The summed E-state index contributed by atoms with van der Waals surface area (Å²) in [6.45, 7) is 5.74. The molecule has 3 N–H and O–H groups in total. The number of guanidine groups is 1. The highest BCUT2D eigenvalue weighted by Crippen LogP contribution is 2.18. The van der Waals surface area contributed by atoms with Gasteiger partial charge in [-0.25, -0.2) is 9.67 Å². The summed E-state index contributed by atoms with van der Waals surface area (Å²) < 4.78 is 7.11. The zero-order valence-electron chi connectivity index (χ0n) is 16.1. The number of nitrogens with zero attached hydrogens (tertiary/aromatic N) is 4. The smallest absolute Gasteiger partial charge is 0.191 e. The summed E-state index contributed by atoms with van der Waals surface area (Å²) in [5.41, 5.74) is 0.816. The number of aliphatic hydroxyl groups excluding tert-OH is 1. The fraction of sp³-hybridized carbons (Fsp3) is 0.526. The van der Waals surface area contributed by atoms with Crippen LogP contribution in [-0.2, 0) is 13.0 Å². The van der Waals surface area contributed by atoms with Crippen LogP contribution >= 0.6 is 0 Å². The summed E-state index contributed by atoms with van der Waals surface area (Å²) in [7, 11) is 1.62. The lowest BCUT2D eigenvalue weighted by Gasteiger charge is -2.25. The Bertz CT molecular complexity index is 771. The van der Waals surface area contributed by atoms with Crippen molar-refractivity contribution in [3.05, 3.63) is 41.5 Å². The van der Waals surface area contributed by atoms with Crippen molar-refractivity contribution in [2.45, 2.75) is 45.4 Å². The highest BCUT2D eigenvalue weighted by molar-refractivity contribution is 5.80. The second kappa shape index (κ2) is 8.85. The maximum absolute atomic E-state index is 10.4. The predicted octanol–water partition coefficient (Wildman–Crippen LogP) is 1.20. The Labute approximate surface area is 159 Å². The number of aryl methyl sites for hydroxylation is 2. The number of methoxy groups -OCH3 is 1. The summed E-state index contributed by atoms with van der Waals surface area (Å²) in [5.74, 6) is 3.33. The van der Waals surface area contributed by atoms with Crippen LogP contribution in [0.25, 0.3) is 0 Å². The van der Waals surface area contributed by atoms with Crippen molar-refractivity contribution in [2.75, 3.05) is 20.2 Å². The number of aliphatic imine (C=N–C) groups is 1. The molecule has 146 valence electrons. The molecule has 0 spiro atoms. The quantitative estimate of drug-likeness (QED) is 0.521. The lowest BCUT2D eigenvalue weighted by molar-refractivity contribution is 0.187. The number of hydrogen-bond donors (Lipinski definition) is 3. The normalized spacial score (nSPS) is 17.9. The Balaban J connectivity index is 1.60. The van der Waals surface area contributed by atoms with Gasteiger partial charge in [0.25, 0.3) is 0 Å². The van der Waals surface area contributed by atoms with Gasteiger partial charge in [0.1, 0.15) is 17.4 Å². The molecular formula is C19H28N6O2. The van der Waals surface area contributed by atoms with Crippen molar-refractivity contribution in [3.63, 3.8) is 0 Å². The number of aromatic nitrogens is 3. The summed E-state index contributed by atoms with van der Waals surface area (Å²) >= 11 is 0. The molecule has 0 radical (unpaired) electrons. The zero-order chi connectivity index (χ0) is 19.2. The molecule has 2 aromatic rings. The van der Waals surface area contributed by atoms with Crippen LogP contribution in [0.3, 0.4) is 0 Å². The summed E-state index contributed by atoms with van der Waals surface area (Å²) in [5, 5.41) is 21.5. The zero-order valence-corrected chi connectivity index (χ0v) is 16.1. The van der Waals surface area contributed by atoms with E-state index in [1.807, 2.05) is 42.8 Å². The van der Waals surface area contributed by atoms with Gasteiger partial charge in [-0.1, -0.05) is 12.1 Å². The Kier molecular flexibility index (Phi) is 6.28. The first-order valence-electron chi connectivity index (χ1n) is 9.36. The van der Waals surface area contributed by atoms with Gasteiger partial charge in [0.2, 0.25) is 0 Å². The first kappa shape index (κ1) is 19.2. The molecule has 1 aliphatic heterocycles. The molecule has 3 rings (SSSR count). The maximum atomic E-state index is 10.4. The largest absolute Gasteiger partial charge is 0.497 e. The van der Waals surface area contributed by atoms with Gasteiger partial charge < -0.3 is 20.5 Å². The number of benzene rings is 1. The van der Waals surface area contributed by atoms with Gasteiger partial charge in [-0.15, -0.1) is 0 Å². The summed E-state index contributed by atoms with van der Waals surface area (Å²) in [4.78, 5) is 9.00. The van der Waals surface area contributed by atoms with Gasteiger partial charge >= 0.3 is 0 Å². The van der Waals surface area contributed by atoms with E-state index in [0.717, 1.165) is 48.9 Å². The molecule has 8 nitrogen and oxygen atoms in total. The number of hydrogen-bond acceptors (Lipinski definition) is 5. The molecule has 2 heterocycles. The number of fused-ring (bicyclic) bond motifs is 1. The molecule has 1 aliphatic rings. The third-order valence-electron chi connectivity index (χ3n) is 4.57. The molecule has 2 unspecified atom stereocenters. The van der Waals surface area contributed by atoms with E-state index in [1.54, 1.807) is 7.11 Å². The van der Waals surface area contributed by atoms with Crippen molar-refractivity contribution >= 4 is 5.96 Å². The van der Waals surface area contributed by atoms with E-state index < -0.39 is 6.10 Å². The first-order valence-corrected chi connectivity index (χ1v) is 9.36. The Morgan fingerprint density at radius 1 is 1.41 bits per heavy atom. The van der Waals surface area contributed by atoms with Crippen molar-refractivity contribution < 1.29 is 9.84 Å². The average Bonchev–Trinajstić information content (AvgIpc) is 3.05. The van der Waals surface area contributed by atoms with Crippen LogP contribution in [0.15, 0.2) is 29.3 Å². The van der Waals surface area contributed by atoms with E-state index >= 15 is 0 Å². The molecule has 27 heavy (non-hydrogen) atoms. The van der Waals surface area contributed by atoms with Crippen molar-refractivity contribution in [1.29, 1.82) is 0 Å². The Morgan fingerprint density at radius 3 is 2.89 bits per heavy atom. The molecule has 8 heteroatoms. The van der Waals surface area contributed by atoms with Gasteiger partial charge in [-0.2, -0.15) is 5.10 Å². The summed E-state index contributed by atoms with van der Waals surface area (Å²) in [6, 6.07) is 7.62. The van der Waals surface area contributed by atoms with Gasteiger partial charge in [0.05, 0.1) is 26.3 Å². The third kappa shape index (κ3) is 4.97. The number of ether oxygens (including phenoxy) is 1. The van der Waals surface area contributed by atoms with Crippen LogP contribution in [-0.4, -0.2) is 52.1 Å². The minimum absolute atomic E-state index is 0.231. The van der Waals surface area contributed by atoms with Crippen molar-refractivity contribution in [3.8, 4) is 5.75 Å². The fourth-order valence-corrected chi connectivity index (χ4v) is 3.17. The van der Waals surface area contributed by atoms with E-state index in [0.29, 0.717) is 5.96 Å². The molecule has 0 fully saturated rings. The van der Waals surface area contributed by atoms with Crippen LogP contribution in [0.4, 0.5) is 0 Å². The SMILES string of the molecule is CCNC(=NCC(O)c1ccc(OC)cc1)NC1CCc2nc(C)nn2C1. The molecule has 0 bridgehead atoms. The maximum Gasteiger partial charge on any atom is 0.191 e. The topological polar surface area (TPSA) is 96.6 Å². The fourth-order valence-electron chi connectivity index (χ4n) is 3.17. The molecule has 0 saturated heterocycles. The lowest BCUT2D eigenvalue weighted by atomic mass is 10.1. The van der Waals surface area contributed by atoms with Crippen LogP contribution in [0.5, 0.6) is 5.75 Å². The van der Waals surface area contributed by atoms with E-state index in [1.165, 1.54) is 0 Å². The van der Waals surface area contributed by atoms with Gasteiger partial charge in [0, 0.05) is 19.0 Å². The second-order valence-corrected chi connectivity index (χ2v) is 6.65. The van der Waals surface area contributed by atoms with E-state index in [2.05, 4.69) is 25.7 Å². The molecule has 0 aliphatic carbocycles. The van der Waals surface area contributed by atoms with Gasteiger partial charge in [0.15, 0.2) is 5.96 Å². The number of nitrogens with one attached hydrogen (secondary N) is 2. The van der Waals surface area contributed by atoms with Gasteiger partial charge in [-0.05, 0) is 38.0 Å². The van der Waals surface area contributed by atoms with Crippen molar-refractivity contribution in [1.82, 2.24) is 25.4 Å². The van der Waals surface area contributed by atoms with E-state index in [-0.39, 0.29) is 12.6 Å². The highest BCUT2D eigenvalue weighted by atomic mass is 16.5. The third-order valence-corrected chi connectivity index (χ3v) is 4.57. The molecular weight excluding hydrogens is 344 g/mol. The lowest BCUT2D eigenvalue weighted by Crippen LogP contribution is -2.47. The molecule has 0 saturated carbocycles. The van der Waals surface area contributed by atoms with Crippen LogP contribution in [0.2, 0.25) is 0 Å². The van der Waals surface area contributed by atoms with E-state index in [9.17, 15) is 5.11 Å². The Hall–Kier alpha value is -2.61. The summed E-state index contributed by atoms with van der Waals surface area (Å²) in [6.07, 6.45) is 1.21. The first-order chi connectivity index (χ1) is 13.1. The monoisotopic (exact) mass is 372 g/mol. The molecule has 0 amide bonds. The minimum atomic E-state index is -0.665. The van der Waals surface area contributed by atoms with Crippen LogP contribution in [0, 0.1) is 6.92 Å². The van der Waals surface area contributed by atoms with Crippen LogP contribution < -0.4 is 15.4 Å². The Morgan fingerprint density at radius 2 is 2.19 bits per heavy atom. The predicted molar refractivity (Wildman–Crippen MR) is 104 cm³/mol. The molecule has 1 aromatic heterocycles. The minimum Gasteiger partial charge on any atom is -0.497 e. The molecule has 2 atom stereocenters. The van der Waals surface area contributed by atoms with Crippen LogP contribution in [0.1, 0.15) is 36.7 Å². The molecule has 1 aromatic carbocycles. The van der Waals surface area contributed by atoms with E-state index in [4.69, 9.17) is 4.74 Å². The van der Waals surface area contributed by atoms with Crippen molar-refractivity contribution in [2.24, 2.45) is 4.99 Å². The highest BCUT2D eigenvalue weighted by Gasteiger charge is 2.21. The standard InChI is InChI=1S/C19H28N6O2/c1-4-20-19(21-11-17(26)14-5-8-16(27-3)9-6-14)23-15-7-10-18-22-13(2)24-25(18)12-15/h5-6,8-9,15,17,26H,4,7,10-12H2,1-3H3,(H2,20,21,23). The number of rotatable bonds is 6. The average molecular weight is 372 g/mol. The second-order valence-electron chi connectivity index (χ2n) is 6.65. The number of aliphatic hydroxyl groups is 1.